The maximum Gasteiger partial charge on any atom is 0.252 e. The van der Waals surface area contributed by atoms with Crippen molar-refractivity contribution in [2.24, 2.45) is 0 Å². The molecule has 0 unspecified atom stereocenters. The Kier molecular flexibility index (Phi) is 7.36. The zero-order valence-corrected chi connectivity index (χ0v) is 17.3. The first kappa shape index (κ1) is 20.6. The second-order valence-corrected chi connectivity index (χ2v) is 8.43. The van der Waals surface area contributed by atoms with Gasteiger partial charge in [0, 0.05) is 43.0 Å². The third-order valence-electron chi connectivity index (χ3n) is 3.96. The molecule has 0 fully saturated rings. The molecule has 7 nitrogen and oxygen atoms in total. The molecule has 142 valence electrons. The van der Waals surface area contributed by atoms with E-state index in [0.29, 0.717) is 29.7 Å². The summed E-state index contributed by atoms with van der Waals surface area (Å²) in [5, 5.41) is 2.83. The van der Waals surface area contributed by atoms with Gasteiger partial charge in [-0.1, -0.05) is 13.8 Å². The first-order chi connectivity index (χ1) is 12.4. The number of carbonyl (C=O) groups is 1. The van der Waals surface area contributed by atoms with Gasteiger partial charge in [0.25, 0.3) is 5.91 Å². The lowest BCUT2D eigenvalue weighted by atomic mass is 10.2. The Balaban J connectivity index is 2.07. The van der Waals surface area contributed by atoms with E-state index >= 15 is 0 Å². The Morgan fingerprint density at radius 2 is 2.04 bits per heavy atom. The molecule has 0 aliphatic rings. The lowest BCUT2D eigenvalue weighted by Gasteiger charge is -2.19. The van der Waals surface area contributed by atoms with Gasteiger partial charge in [0.1, 0.15) is 0 Å². The van der Waals surface area contributed by atoms with Crippen LogP contribution in [0.25, 0.3) is 0 Å². The Bertz CT molecular complexity index is 834. The van der Waals surface area contributed by atoms with Crippen molar-refractivity contribution < 1.29 is 13.2 Å². The number of carbonyl (C=O) groups excluding carboxylic acids is 1. The molecule has 2 aromatic rings. The summed E-state index contributed by atoms with van der Waals surface area (Å²) in [5.74, 6) is -0.306. The van der Waals surface area contributed by atoms with Crippen molar-refractivity contribution in [3.05, 3.63) is 47.0 Å². The largest absolute Gasteiger partial charge is 0.352 e. The second-order valence-electron chi connectivity index (χ2n) is 5.64. The summed E-state index contributed by atoms with van der Waals surface area (Å²) in [6.07, 6.45) is 6.04. The highest BCUT2D eigenvalue weighted by molar-refractivity contribution is 9.10. The number of hydrogen-bond donors (Lipinski definition) is 1. The number of aromatic nitrogens is 2. The number of nitrogens with one attached hydrogen (secondary N) is 1. The van der Waals surface area contributed by atoms with Crippen LogP contribution in [0.3, 0.4) is 0 Å². The van der Waals surface area contributed by atoms with Crippen molar-refractivity contribution in [2.75, 3.05) is 19.6 Å². The molecule has 0 saturated heterocycles. The Morgan fingerprint density at radius 3 is 2.65 bits per heavy atom. The zero-order valence-electron chi connectivity index (χ0n) is 14.9. The Hall–Kier alpha value is -1.71. The molecule has 0 atom stereocenters. The standard InChI is InChI=1S/C17H23BrN4O3S/c1-3-22(4-2)26(24,25)14-6-7-16(18)15(12-14)17(23)20-8-5-10-21-11-9-19-13-21/h6-7,9,11-13H,3-5,8,10H2,1-2H3,(H,20,23). The van der Waals surface area contributed by atoms with E-state index in [2.05, 4.69) is 26.2 Å². The highest BCUT2D eigenvalue weighted by atomic mass is 79.9. The first-order valence-electron chi connectivity index (χ1n) is 8.43. The van der Waals surface area contributed by atoms with Crippen molar-refractivity contribution in [1.82, 2.24) is 19.2 Å². The molecule has 1 aromatic carbocycles. The monoisotopic (exact) mass is 442 g/mol. The van der Waals surface area contributed by atoms with Crippen LogP contribution >= 0.6 is 15.9 Å². The quantitative estimate of drug-likeness (QED) is 0.604. The summed E-state index contributed by atoms with van der Waals surface area (Å²) >= 11 is 3.33. The Labute approximate surface area is 162 Å². The molecule has 0 bridgehead atoms. The van der Waals surface area contributed by atoms with Crippen molar-refractivity contribution in [3.63, 3.8) is 0 Å². The Morgan fingerprint density at radius 1 is 1.31 bits per heavy atom. The third kappa shape index (κ3) is 4.93. The molecule has 0 aliphatic carbocycles. The molecule has 9 heteroatoms. The average Bonchev–Trinajstić information content (AvgIpc) is 3.13. The van der Waals surface area contributed by atoms with Crippen LogP contribution in [0.1, 0.15) is 30.6 Å². The summed E-state index contributed by atoms with van der Waals surface area (Å²) in [6.45, 7) is 5.56. The van der Waals surface area contributed by atoms with Crippen LogP contribution in [0.4, 0.5) is 0 Å². The van der Waals surface area contributed by atoms with Crippen LogP contribution in [-0.2, 0) is 16.6 Å². The predicted molar refractivity (Wildman–Crippen MR) is 103 cm³/mol. The number of rotatable bonds is 9. The van der Waals surface area contributed by atoms with E-state index in [1.807, 2.05) is 10.8 Å². The third-order valence-corrected chi connectivity index (χ3v) is 6.70. The average molecular weight is 443 g/mol. The van der Waals surface area contributed by atoms with Crippen LogP contribution in [0.15, 0.2) is 46.3 Å². The molecule has 26 heavy (non-hydrogen) atoms. The van der Waals surface area contributed by atoms with Gasteiger partial charge in [-0.05, 0) is 40.5 Å². The molecule has 0 radical (unpaired) electrons. The van der Waals surface area contributed by atoms with Crippen molar-refractivity contribution in [2.45, 2.75) is 31.7 Å². The number of hydrogen-bond acceptors (Lipinski definition) is 4. The lowest BCUT2D eigenvalue weighted by Crippen LogP contribution is -2.31. The van der Waals surface area contributed by atoms with Crippen LogP contribution in [0, 0.1) is 0 Å². The van der Waals surface area contributed by atoms with Gasteiger partial charge in [0.05, 0.1) is 16.8 Å². The van der Waals surface area contributed by atoms with Crippen LogP contribution in [0.5, 0.6) is 0 Å². The highest BCUT2D eigenvalue weighted by Gasteiger charge is 2.23. The minimum absolute atomic E-state index is 0.118. The molecule has 1 heterocycles. The van der Waals surface area contributed by atoms with Gasteiger partial charge in [-0.15, -0.1) is 0 Å². The number of amides is 1. The normalized spacial score (nSPS) is 11.7. The lowest BCUT2D eigenvalue weighted by molar-refractivity contribution is 0.0951. The number of sulfonamides is 1. The van der Waals surface area contributed by atoms with Crippen molar-refractivity contribution in [3.8, 4) is 0 Å². The molecule has 0 spiro atoms. The van der Waals surface area contributed by atoms with Gasteiger partial charge in [-0.3, -0.25) is 4.79 Å². The molecular weight excluding hydrogens is 420 g/mol. The van der Waals surface area contributed by atoms with E-state index in [-0.39, 0.29) is 10.8 Å². The zero-order chi connectivity index (χ0) is 19.2. The number of imidazole rings is 1. The molecule has 0 aliphatic heterocycles. The minimum Gasteiger partial charge on any atom is -0.352 e. The fourth-order valence-corrected chi connectivity index (χ4v) is 4.44. The summed E-state index contributed by atoms with van der Waals surface area (Å²) in [5.41, 5.74) is 0.306. The predicted octanol–water partition coefficient (Wildman–Crippen LogP) is 2.50. The topological polar surface area (TPSA) is 84.3 Å². The minimum atomic E-state index is -3.61. The molecular formula is C17H23BrN4O3S. The van der Waals surface area contributed by atoms with Crippen LogP contribution in [-0.4, -0.2) is 47.8 Å². The molecule has 1 amide bonds. The SMILES string of the molecule is CCN(CC)S(=O)(=O)c1ccc(Br)c(C(=O)NCCCn2ccnc2)c1. The van der Waals surface area contributed by atoms with Crippen molar-refractivity contribution >= 4 is 31.9 Å². The van der Waals surface area contributed by atoms with E-state index in [1.165, 1.54) is 16.4 Å². The van der Waals surface area contributed by atoms with E-state index in [1.54, 1.807) is 32.4 Å². The van der Waals surface area contributed by atoms with E-state index in [4.69, 9.17) is 0 Å². The molecule has 1 aromatic heterocycles. The van der Waals surface area contributed by atoms with Gasteiger partial charge in [-0.25, -0.2) is 13.4 Å². The number of aryl methyl sites for hydroxylation is 1. The molecule has 1 N–H and O–H groups in total. The summed E-state index contributed by atoms with van der Waals surface area (Å²) < 4.78 is 29.1. The van der Waals surface area contributed by atoms with Gasteiger partial charge < -0.3 is 9.88 Å². The van der Waals surface area contributed by atoms with E-state index < -0.39 is 10.0 Å². The van der Waals surface area contributed by atoms with E-state index in [0.717, 1.165) is 13.0 Å². The van der Waals surface area contributed by atoms with Crippen LogP contribution < -0.4 is 5.32 Å². The summed E-state index contributed by atoms with van der Waals surface area (Å²) in [4.78, 5) is 16.5. The van der Waals surface area contributed by atoms with Gasteiger partial charge in [0.2, 0.25) is 10.0 Å². The number of nitrogens with zero attached hydrogens (tertiary/aromatic N) is 3. The highest BCUT2D eigenvalue weighted by Crippen LogP contribution is 2.23. The fraction of sp³-hybridized carbons (Fsp3) is 0.412. The second kappa shape index (κ2) is 9.29. The van der Waals surface area contributed by atoms with Crippen LogP contribution in [0.2, 0.25) is 0 Å². The number of halogens is 1. The van der Waals surface area contributed by atoms with Gasteiger partial charge in [0.15, 0.2) is 0 Å². The maximum atomic E-state index is 12.6. The smallest absolute Gasteiger partial charge is 0.252 e. The number of benzene rings is 1. The molecule has 0 saturated carbocycles. The van der Waals surface area contributed by atoms with Gasteiger partial charge >= 0.3 is 0 Å². The van der Waals surface area contributed by atoms with Gasteiger partial charge in [-0.2, -0.15) is 4.31 Å². The van der Waals surface area contributed by atoms with Crippen molar-refractivity contribution in [1.29, 1.82) is 0 Å². The fourth-order valence-electron chi connectivity index (χ4n) is 2.53. The summed E-state index contributed by atoms with van der Waals surface area (Å²) in [6, 6.07) is 4.52. The van der Waals surface area contributed by atoms with E-state index in [9.17, 15) is 13.2 Å². The summed E-state index contributed by atoms with van der Waals surface area (Å²) in [7, 11) is -3.61. The molecule has 2 rings (SSSR count). The maximum absolute atomic E-state index is 12.6. The first-order valence-corrected chi connectivity index (χ1v) is 10.7.